The van der Waals surface area contributed by atoms with E-state index in [9.17, 15) is 13.2 Å². The number of carbonyl (C=O) groups excluding carboxylic acids is 1. The molecule has 1 aliphatic rings. The van der Waals surface area contributed by atoms with Gasteiger partial charge in [-0.2, -0.15) is 0 Å². The zero-order valence-corrected chi connectivity index (χ0v) is 16.6. The molecule has 1 atom stereocenters. The van der Waals surface area contributed by atoms with Crippen LogP contribution in [0.25, 0.3) is 0 Å². The Bertz CT molecular complexity index is 907. The van der Waals surface area contributed by atoms with Crippen molar-refractivity contribution < 1.29 is 13.2 Å². The minimum absolute atomic E-state index is 0.0636. The molecule has 6 heteroatoms. The summed E-state index contributed by atoms with van der Waals surface area (Å²) in [5, 5.41) is 3.02. The number of carbonyl (C=O) groups is 1. The smallest absolute Gasteiger partial charge is 0.241 e. The van der Waals surface area contributed by atoms with E-state index >= 15 is 0 Å². The van der Waals surface area contributed by atoms with E-state index in [-0.39, 0.29) is 18.5 Å². The molecule has 0 fully saturated rings. The lowest BCUT2D eigenvalue weighted by Crippen LogP contribution is -2.42. The van der Waals surface area contributed by atoms with Crippen LogP contribution in [0.4, 0.5) is 5.69 Å². The molecule has 0 aliphatic heterocycles. The van der Waals surface area contributed by atoms with Crippen LogP contribution >= 0.6 is 0 Å². The van der Waals surface area contributed by atoms with E-state index in [1.807, 2.05) is 37.3 Å². The number of anilines is 1. The van der Waals surface area contributed by atoms with E-state index in [0.717, 1.165) is 47.4 Å². The standard InChI is InChI=1S/C21H26N2O3S/c1-3-16-11-13-18(14-12-16)23(27(2,25)26)15-21(24)22-20-10-6-8-17-7-4-5-9-19(17)20/h4-5,7,9,11-14,20H,3,6,8,10,15H2,1-2H3,(H,22,24)/t20-/m1/s1. The summed E-state index contributed by atoms with van der Waals surface area (Å²) < 4.78 is 25.7. The molecule has 0 saturated carbocycles. The molecule has 3 rings (SSSR count). The Morgan fingerprint density at radius 3 is 2.52 bits per heavy atom. The van der Waals surface area contributed by atoms with Crippen molar-refractivity contribution in [2.75, 3.05) is 17.1 Å². The van der Waals surface area contributed by atoms with Crippen molar-refractivity contribution in [2.24, 2.45) is 0 Å². The third-order valence-electron chi connectivity index (χ3n) is 5.02. The molecule has 0 spiro atoms. The van der Waals surface area contributed by atoms with Crippen molar-refractivity contribution in [1.29, 1.82) is 0 Å². The van der Waals surface area contributed by atoms with Crippen molar-refractivity contribution in [3.63, 3.8) is 0 Å². The fourth-order valence-corrected chi connectivity index (χ4v) is 4.43. The summed E-state index contributed by atoms with van der Waals surface area (Å²) in [4.78, 5) is 12.7. The zero-order chi connectivity index (χ0) is 19.4. The molecule has 0 unspecified atom stereocenters. The highest BCUT2D eigenvalue weighted by molar-refractivity contribution is 7.92. The van der Waals surface area contributed by atoms with Crippen LogP contribution in [0.5, 0.6) is 0 Å². The van der Waals surface area contributed by atoms with Crippen LogP contribution < -0.4 is 9.62 Å². The second-order valence-corrected chi connectivity index (χ2v) is 8.91. The first-order valence-corrected chi connectivity index (χ1v) is 11.2. The third kappa shape index (κ3) is 4.69. The van der Waals surface area contributed by atoms with E-state index in [1.165, 1.54) is 5.56 Å². The SMILES string of the molecule is CCc1ccc(N(CC(=O)N[C@@H]2CCCc3ccccc32)S(C)(=O)=O)cc1. The summed E-state index contributed by atoms with van der Waals surface area (Å²) in [6.45, 7) is 1.82. The molecule has 0 radical (unpaired) electrons. The van der Waals surface area contributed by atoms with Crippen molar-refractivity contribution in [2.45, 2.75) is 38.6 Å². The highest BCUT2D eigenvalue weighted by Gasteiger charge is 2.25. The normalized spacial score (nSPS) is 16.4. The van der Waals surface area contributed by atoms with Gasteiger partial charge in [0.2, 0.25) is 15.9 Å². The number of nitrogens with one attached hydrogen (secondary N) is 1. The molecule has 5 nitrogen and oxygen atoms in total. The van der Waals surface area contributed by atoms with Gasteiger partial charge in [0.15, 0.2) is 0 Å². The van der Waals surface area contributed by atoms with Gasteiger partial charge in [-0.25, -0.2) is 8.42 Å². The van der Waals surface area contributed by atoms with Gasteiger partial charge in [0.1, 0.15) is 6.54 Å². The summed E-state index contributed by atoms with van der Waals surface area (Å²) in [6.07, 6.45) is 4.90. The van der Waals surface area contributed by atoms with Crippen LogP contribution in [0, 0.1) is 0 Å². The maximum Gasteiger partial charge on any atom is 0.241 e. The minimum Gasteiger partial charge on any atom is -0.348 e. The summed E-state index contributed by atoms with van der Waals surface area (Å²) in [5.74, 6) is -0.290. The summed E-state index contributed by atoms with van der Waals surface area (Å²) >= 11 is 0. The van der Waals surface area contributed by atoms with E-state index in [4.69, 9.17) is 0 Å². The Labute approximate surface area is 161 Å². The maximum absolute atomic E-state index is 12.7. The molecule has 27 heavy (non-hydrogen) atoms. The monoisotopic (exact) mass is 386 g/mol. The predicted octanol–water partition coefficient (Wildman–Crippen LogP) is 3.21. The highest BCUT2D eigenvalue weighted by atomic mass is 32.2. The number of rotatable bonds is 6. The van der Waals surface area contributed by atoms with Crippen LogP contribution in [-0.4, -0.2) is 27.1 Å². The predicted molar refractivity (Wildman–Crippen MR) is 108 cm³/mol. The molecular formula is C21H26N2O3S. The van der Waals surface area contributed by atoms with Crippen molar-refractivity contribution in [3.05, 3.63) is 65.2 Å². The van der Waals surface area contributed by atoms with Gasteiger partial charge in [0.05, 0.1) is 18.0 Å². The van der Waals surface area contributed by atoms with Crippen molar-refractivity contribution in [1.82, 2.24) is 5.32 Å². The average Bonchev–Trinajstić information content (AvgIpc) is 2.66. The lowest BCUT2D eigenvalue weighted by molar-refractivity contribution is -0.120. The molecule has 0 aromatic heterocycles. The lowest BCUT2D eigenvalue weighted by Gasteiger charge is -2.28. The third-order valence-corrected chi connectivity index (χ3v) is 6.17. The van der Waals surface area contributed by atoms with Gasteiger partial charge in [-0.3, -0.25) is 9.10 Å². The fourth-order valence-electron chi connectivity index (χ4n) is 3.57. The van der Waals surface area contributed by atoms with Crippen LogP contribution in [0.1, 0.15) is 42.5 Å². The number of amides is 1. The Hall–Kier alpha value is -2.34. The van der Waals surface area contributed by atoms with E-state index in [1.54, 1.807) is 12.1 Å². The van der Waals surface area contributed by atoms with Crippen LogP contribution in [0.3, 0.4) is 0 Å². The van der Waals surface area contributed by atoms with Crippen LogP contribution in [-0.2, 0) is 27.7 Å². The Morgan fingerprint density at radius 2 is 1.85 bits per heavy atom. The number of hydrogen-bond donors (Lipinski definition) is 1. The highest BCUT2D eigenvalue weighted by Crippen LogP contribution is 2.29. The number of benzene rings is 2. The van der Waals surface area contributed by atoms with E-state index in [0.29, 0.717) is 5.69 Å². The largest absolute Gasteiger partial charge is 0.348 e. The Morgan fingerprint density at radius 1 is 1.15 bits per heavy atom. The van der Waals surface area contributed by atoms with Gasteiger partial charge in [-0.1, -0.05) is 43.3 Å². The number of nitrogens with zero attached hydrogens (tertiary/aromatic N) is 1. The van der Waals surface area contributed by atoms with Gasteiger partial charge < -0.3 is 5.32 Å². The van der Waals surface area contributed by atoms with E-state index < -0.39 is 10.0 Å². The first-order chi connectivity index (χ1) is 12.9. The Kier molecular flexibility index (Phi) is 5.85. The maximum atomic E-state index is 12.7. The van der Waals surface area contributed by atoms with Gasteiger partial charge in [-0.15, -0.1) is 0 Å². The molecule has 0 bridgehead atoms. The quantitative estimate of drug-likeness (QED) is 0.829. The topological polar surface area (TPSA) is 66.5 Å². The molecule has 2 aromatic rings. The lowest BCUT2D eigenvalue weighted by atomic mass is 9.88. The van der Waals surface area contributed by atoms with Gasteiger partial charge >= 0.3 is 0 Å². The Balaban J connectivity index is 1.76. The van der Waals surface area contributed by atoms with Gasteiger partial charge in [0, 0.05) is 0 Å². The molecule has 1 aliphatic carbocycles. The fraction of sp³-hybridized carbons (Fsp3) is 0.381. The second-order valence-electron chi connectivity index (χ2n) is 7.00. The first-order valence-electron chi connectivity index (χ1n) is 9.32. The molecule has 2 aromatic carbocycles. The second kappa shape index (κ2) is 8.13. The van der Waals surface area contributed by atoms with Crippen molar-refractivity contribution >= 4 is 21.6 Å². The van der Waals surface area contributed by atoms with Crippen LogP contribution in [0.2, 0.25) is 0 Å². The summed E-state index contributed by atoms with van der Waals surface area (Å²) in [7, 11) is -3.56. The molecule has 0 heterocycles. The molecular weight excluding hydrogens is 360 g/mol. The number of aryl methyl sites for hydroxylation is 2. The molecule has 1 N–H and O–H groups in total. The minimum atomic E-state index is -3.56. The average molecular weight is 387 g/mol. The molecule has 1 amide bonds. The number of sulfonamides is 1. The summed E-state index contributed by atoms with van der Waals surface area (Å²) in [6, 6.07) is 15.3. The van der Waals surface area contributed by atoms with Gasteiger partial charge in [-0.05, 0) is 54.5 Å². The van der Waals surface area contributed by atoms with E-state index in [2.05, 4.69) is 11.4 Å². The number of fused-ring (bicyclic) bond motifs is 1. The van der Waals surface area contributed by atoms with Gasteiger partial charge in [0.25, 0.3) is 0 Å². The number of hydrogen-bond acceptors (Lipinski definition) is 3. The molecule has 144 valence electrons. The van der Waals surface area contributed by atoms with Crippen LogP contribution in [0.15, 0.2) is 48.5 Å². The zero-order valence-electron chi connectivity index (χ0n) is 15.8. The molecule has 0 saturated heterocycles. The summed E-state index contributed by atoms with van der Waals surface area (Å²) in [5.41, 5.74) is 4.02. The first kappa shape index (κ1) is 19.4. The van der Waals surface area contributed by atoms with Crippen molar-refractivity contribution in [3.8, 4) is 0 Å².